The van der Waals surface area contributed by atoms with Crippen LogP contribution in [0.2, 0.25) is 0 Å². The number of rotatable bonds is 9. The zero-order valence-corrected chi connectivity index (χ0v) is 19.9. The Morgan fingerprint density at radius 3 is 2.41 bits per heavy atom. The minimum atomic E-state index is -4.57. The monoisotopic (exact) mass is 506 g/mol. The summed E-state index contributed by atoms with van der Waals surface area (Å²) in [5.74, 6) is -0.00869. The molecule has 1 aliphatic rings. The van der Waals surface area contributed by atoms with Crippen LogP contribution in [0.15, 0.2) is 109 Å². The van der Waals surface area contributed by atoms with Crippen LogP contribution < -0.4 is 9.47 Å². The smallest absolute Gasteiger partial charge is 0.416 e. The first-order valence-corrected chi connectivity index (χ1v) is 11.7. The maximum absolute atomic E-state index is 13.5. The molecule has 0 saturated carbocycles. The molecule has 0 amide bonds. The van der Waals surface area contributed by atoms with Gasteiger partial charge in [-0.05, 0) is 47.7 Å². The number of hydrogen-bond donors (Lipinski definition) is 0. The minimum absolute atomic E-state index is 0.00515. The molecule has 0 aromatic heterocycles. The highest BCUT2D eigenvalue weighted by Gasteiger charge is 2.32. The van der Waals surface area contributed by atoms with Crippen molar-refractivity contribution in [3.8, 4) is 17.2 Å². The molecule has 7 heteroatoms. The summed E-state index contributed by atoms with van der Waals surface area (Å²) in [4.78, 5) is 12.1. The van der Waals surface area contributed by atoms with Gasteiger partial charge in [0.15, 0.2) is 0 Å². The third kappa shape index (κ3) is 8.14. The van der Waals surface area contributed by atoms with Crippen LogP contribution in [0.1, 0.15) is 23.1 Å². The van der Waals surface area contributed by atoms with E-state index in [1.807, 2.05) is 54.6 Å². The summed E-state index contributed by atoms with van der Waals surface area (Å²) in [6.45, 7) is 0.111. The zero-order chi connectivity index (χ0) is 26.1. The van der Waals surface area contributed by atoms with Gasteiger partial charge < -0.3 is 14.2 Å². The Morgan fingerprint density at radius 2 is 1.65 bits per heavy atom. The Hall–Kier alpha value is -4.26. The van der Waals surface area contributed by atoms with Crippen molar-refractivity contribution in [3.63, 3.8) is 0 Å². The fourth-order valence-corrected chi connectivity index (χ4v) is 3.60. The lowest BCUT2D eigenvalue weighted by atomic mass is 10.0. The molecule has 1 aliphatic carbocycles. The first kappa shape index (κ1) is 25.8. The van der Waals surface area contributed by atoms with Crippen LogP contribution >= 0.6 is 0 Å². The summed E-state index contributed by atoms with van der Waals surface area (Å²) in [6, 6.07) is 19.0. The lowest BCUT2D eigenvalue weighted by Crippen LogP contribution is -2.06. The van der Waals surface area contributed by atoms with Gasteiger partial charge in [0.1, 0.15) is 30.5 Å². The van der Waals surface area contributed by atoms with Gasteiger partial charge in [0.25, 0.3) is 0 Å². The maximum Gasteiger partial charge on any atom is 0.416 e. The van der Waals surface area contributed by atoms with E-state index in [2.05, 4.69) is 0 Å². The lowest BCUT2D eigenvalue weighted by molar-refractivity contribution is -0.139. The lowest BCUT2D eigenvalue weighted by Gasteiger charge is -2.14. The van der Waals surface area contributed by atoms with Gasteiger partial charge in [-0.15, -0.1) is 0 Å². The van der Waals surface area contributed by atoms with Gasteiger partial charge in [0.2, 0.25) is 0 Å². The van der Waals surface area contributed by atoms with E-state index in [-0.39, 0.29) is 30.6 Å². The summed E-state index contributed by atoms with van der Waals surface area (Å²) in [5, 5.41) is 0. The second-order valence-corrected chi connectivity index (χ2v) is 8.39. The number of benzene rings is 3. The third-order valence-corrected chi connectivity index (χ3v) is 5.46. The highest BCUT2D eigenvalue weighted by molar-refractivity contribution is 5.82. The Labute approximate surface area is 213 Å². The maximum atomic E-state index is 13.5. The predicted molar refractivity (Wildman–Crippen MR) is 134 cm³/mol. The first-order chi connectivity index (χ1) is 17.8. The molecule has 1 unspecified atom stereocenters. The molecular weight excluding hydrogens is 481 g/mol. The van der Waals surface area contributed by atoms with Gasteiger partial charge in [-0.3, -0.25) is 0 Å². The number of hydrogen-bond acceptors (Lipinski definition) is 4. The van der Waals surface area contributed by atoms with Gasteiger partial charge in [-0.1, -0.05) is 72.8 Å². The molecule has 190 valence electrons. The number of carbonyl (C=O) groups is 1. The van der Waals surface area contributed by atoms with E-state index < -0.39 is 17.7 Å². The van der Waals surface area contributed by atoms with E-state index in [1.54, 1.807) is 30.3 Å². The molecule has 3 aromatic rings. The molecule has 0 radical (unpaired) electrons. The first-order valence-electron chi connectivity index (χ1n) is 11.7. The molecule has 0 bridgehead atoms. The molecule has 0 N–H and O–H groups in total. The number of ether oxygens (including phenoxy) is 3. The molecule has 0 aliphatic heterocycles. The van der Waals surface area contributed by atoms with Crippen LogP contribution in [0.5, 0.6) is 17.2 Å². The summed E-state index contributed by atoms with van der Waals surface area (Å²) >= 11 is 0. The number of carbonyl (C=O) groups excluding carboxylic acids is 1. The number of esters is 1. The Kier molecular flexibility index (Phi) is 8.46. The average molecular weight is 507 g/mol. The molecule has 0 spiro atoms. The van der Waals surface area contributed by atoms with Crippen LogP contribution in [-0.4, -0.2) is 5.97 Å². The second kappa shape index (κ2) is 12.1. The van der Waals surface area contributed by atoms with Crippen molar-refractivity contribution in [2.45, 2.75) is 25.8 Å². The summed E-state index contributed by atoms with van der Waals surface area (Å²) in [5.41, 5.74) is 0.576. The summed E-state index contributed by atoms with van der Waals surface area (Å²) in [6.07, 6.45) is 7.34. The van der Waals surface area contributed by atoms with Crippen molar-refractivity contribution in [2.24, 2.45) is 5.92 Å². The topological polar surface area (TPSA) is 44.8 Å². The predicted octanol–water partition coefficient (Wildman–Crippen LogP) is 7.81. The highest BCUT2D eigenvalue weighted by Crippen LogP contribution is 2.36. The minimum Gasteiger partial charge on any atom is -0.489 e. The Morgan fingerprint density at radius 1 is 0.865 bits per heavy atom. The van der Waals surface area contributed by atoms with Gasteiger partial charge in [0, 0.05) is 12.1 Å². The van der Waals surface area contributed by atoms with Gasteiger partial charge >= 0.3 is 12.1 Å². The molecule has 0 fully saturated rings. The molecule has 0 saturated heterocycles. The van der Waals surface area contributed by atoms with Crippen LogP contribution in [0.25, 0.3) is 0 Å². The quantitative estimate of drug-likeness (QED) is 0.219. The van der Waals surface area contributed by atoms with Crippen molar-refractivity contribution in [1.29, 1.82) is 0 Å². The zero-order valence-electron chi connectivity index (χ0n) is 19.9. The normalized spacial score (nSPS) is 15.1. The van der Waals surface area contributed by atoms with E-state index in [9.17, 15) is 18.0 Å². The van der Waals surface area contributed by atoms with Crippen molar-refractivity contribution in [2.75, 3.05) is 0 Å². The Balaban J connectivity index is 1.41. The van der Waals surface area contributed by atoms with E-state index in [0.717, 1.165) is 24.1 Å². The highest BCUT2D eigenvalue weighted by atomic mass is 19.4. The summed E-state index contributed by atoms with van der Waals surface area (Å²) in [7, 11) is 0. The molecule has 4 rings (SSSR count). The van der Waals surface area contributed by atoms with E-state index in [4.69, 9.17) is 14.2 Å². The van der Waals surface area contributed by atoms with E-state index >= 15 is 0 Å². The SMILES string of the molecule is O=C(/C=C/C1C=CC=CC1)OCc1cccc(Oc2cc(OCc3ccccc3)cc(C(F)(F)F)c2)c1. The van der Waals surface area contributed by atoms with Gasteiger partial charge in [-0.2, -0.15) is 13.2 Å². The number of alkyl halides is 3. The molecule has 3 aromatic carbocycles. The van der Waals surface area contributed by atoms with Crippen LogP contribution in [-0.2, 0) is 28.9 Å². The number of halogens is 3. The van der Waals surface area contributed by atoms with Gasteiger partial charge in [-0.25, -0.2) is 4.79 Å². The van der Waals surface area contributed by atoms with Crippen LogP contribution in [0.4, 0.5) is 13.2 Å². The van der Waals surface area contributed by atoms with Crippen molar-refractivity contribution < 1.29 is 32.2 Å². The molecule has 1 atom stereocenters. The molecular formula is C30H25F3O4. The van der Waals surface area contributed by atoms with Crippen molar-refractivity contribution in [1.82, 2.24) is 0 Å². The van der Waals surface area contributed by atoms with Crippen molar-refractivity contribution >= 4 is 5.97 Å². The average Bonchev–Trinajstić information content (AvgIpc) is 2.90. The fraction of sp³-hybridized carbons (Fsp3) is 0.167. The fourth-order valence-electron chi connectivity index (χ4n) is 3.60. The largest absolute Gasteiger partial charge is 0.489 e. The molecule has 4 nitrogen and oxygen atoms in total. The van der Waals surface area contributed by atoms with E-state index in [1.165, 1.54) is 12.1 Å². The van der Waals surface area contributed by atoms with Crippen LogP contribution in [0.3, 0.4) is 0 Å². The molecule has 37 heavy (non-hydrogen) atoms. The third-order valence-electron chi connectivity index (χ3n) is 5.46. The van der Waals surface area contributed by atoms with E-state index in [0.29, 0.717) is 11.3 Å². The molecule has 0 heterocycles. The second-order valence-electron chi connectivity index (χ2n) is 8.39. The van der Waals surface area contributed by atoms with Crippen molar-refractivity contribution in [3.05, 3.63) is 126 Å². The van der Waals surface area contributed by atoms with Gasteiger partial charge in [0.05, 0.1) is 5.56 Å². The standard InChI is InChI=1S/C30H25F3O4/c31-30(32,33)25-17-27(35-20-23-10-5-2-6-11-23)19-28(18-25)37-26-13-7-12-24(16-26)21-36-29(34)15-14-22-8-3-1-4-9-22/h1-8,10-19,22H,9,20-21H2/b15-14+. The summed E-state index contributed by atoms with van der Waals surface area (Å²) < 4.78 is 57.1. The number of allylic oxidation sites excluding steroid dienone is 5. The van der Waals surface area contributed by atoms with Crippen LogP contribution in [0, 0.1) is 5.92 Å². The Bertz CT molecular complexity index is 1290.